The molecule has 0 aromatic heterocycles. The highest BCUT2D eigenvalue weighted by atomic mass is 79.9. The minimum atomic E-state index is -0.896. The molecule has 0 atom stereocenters. The zero-order chi connectivity index (χ0) is 19.3. The zero-order valence-corrected chi connectivity index (χ0v) is 15.5. The van der Waals surface area contributed by atoms with Gasteiger partial charge in [-0.25, -0.2) is 4.79 Å². The van der Waals surface area contributed by atoms with Gasteiger partial charge in [0.2, 0.25) is 0 Å². The molecule has 0 aliphatic rings. The van der Waals surface area contributed by atoms with Gasteiger partial charge < -0.3 is 14.8 Å². The summed E-state index contributed by atoms with van der Waals surface area (Å²) in [6, 6.07) is 8.77. The number of hydrogen-bond acceptors (Lipinski definition) is 6. The van der Waals surface area contributed by atoms with Crippen molar-refractivity contribution in [2.24, 2.45) is 0 Å². The average molecular weight is 423 g/mol. The number of amides is 1. The smallest absolute Gasteiger partial charge is 0.342 e. The quantitative estimate of drug-likeness (QED) is 0.433. The van der Waals surface area contributed by atoms with Crippen molar-refractivity contribution >= 4 is 39.2 Å². The van der Waals surface area contributed by atoms with Crippen molar-refractivity contribution in [3.8, 4) is 5.75 Å². The average Bonchev–Trinajstić information content (AvgIpc) is 2.62. The lowest BCUT2D eigenvalue weighted by Gasteiger charge is -2.10. The van der Waals surface area contributed by atoms with E-state index in [-0.39, 0.29) is 17.0 Å². The fourth-order valence-electron chi connectivity index (χ4n) is 2.10. The zero-order valence-electron chi connectivity index (χ0n) is 13.9. The molecule has 0 heterocycles. The van der Waals surface area contributed by atoms with Crippen molar-refractivity contribution in [3.63, 3.8) is 0 Å². The van der Waals surface area contributed by atoms with Crippen LogP contribution in [0.25, 0.3) is 0 Å². The molecular formula is C17H15BrN2O6. The van der Waals surface area contributed by atoms with E-state index in [9.17, 15) is 19.7 Å². The second-order valence-corrected chi connectivity index (χ2v) is 6.08. The van der Waals surface area contributed by atoms with Crippen molar-refractivity contribution in [1.82, 2.24) is 0 Å². The maximum absolute atomic E-state index is 12.1. The van der Waals surface area contributed by atoms with E-state index in [1.54, 1.807) is 18.2 Å². The molecule has 9 heteroatoms. The summed E-state index contributed by atoms with van der Waals surface area (Å²) in [5.41, 5.74) is 1.07. The molecule has 1 N–H and O–H groups in total. The number of non-ortho nitro benzene ring substituents is 1. The lowest BCUT2D eigenvalue weighted by molar-refractivity contribution is -0.384. The lowest BCUT2D eigenvalue weighted by Crippen LogP contribution is -2.21. The van der Waals surface area contributed by atoms with Gasteiger partial charge in [-0.3, -0.25) is 14.9 Å². The van der Waals surface area contributed by atoms with E-state index in [2.05, 4.69) is 21.2 Å². The van der Waals surface area contributed by atoms with E-state index in [0.717, 1.165) is 16.1 Å². The highest BCUT2D eigenvalue weighted by Gasteiger charge is 2.19. The molecule has 0 unspecified atom stereocenters. The van der Waals surface area contributed by atoms with Crippen LogP contribution in [-0.4, -0.2) is 30.5 Å². The van der Waals surface area contributed by atoms with Gasteiger partial charge in [0.1, 0.15) is 11.3 Å². The Balaban J connectivity index is 2.03. The lowest BCUT2D eigenvalue weighted by atomic mass is 10.2. The van der Waals surface area contributed by atoms with E-state index < -0.39 is 23.4 Å². The molecule has 0 spiro atoms. The maximum atomic E-state index is 12.1. The fourth-order valence-corrected chi connectivity index (χ4v) is 2.34. The summed E-state index contributed by atoms with van der Waals surface area (Å²) in [6.07, 6.45) is 0. The monoisotopic (exact) mass is 422 g/mol. The normalized spacial score (nSPS) is 10.1. The maximum Gasteiger partial charge on any atom is 0.342 e. The van der Waals surface area contributed by atoms with Crippen LogP contribution in [-0.2, 0) is 9.53 Å². The Morgan fingerprint density at radius 2 is 1.96 bits per heavy atom. The van der Waals surface area contributed by atoms with Crippen LogP contribution in [0.3, 0.4) is 0 Å². The molecule has 2 rings (SSSR count). The molecule has 0 aliphatic carbocycles. The second-order valence-electron chi connectivity index (χ2n) is 5.23. The first-order valence-electron chi connectivity index (χ1n) is 7.37. The molecular weight excluding hydrogens is 408 g/mol. The van der Waals surface area contributed by atoms with E-state index >= 15 is 0 Å². The Labute approximate surface area is 157 Å². The van der Waals surface area contributed by atoms with Crippen molar-refractivity contribution < 1.29 is 24.0 Å². The number of esters is 1. The van der Waals surface area contributed by atoms with Crippen LogP contribution in [0.2, 0.25) is 0 Å². The number of aryl methyl sites for hydroxylation is 1. The molecule has 26 heavy (non-hydrogen) atoms. The number of nitrogens with one attached hydrogen (secondary N) is 1. The number of carbonyl (C=O) groups excluding carboxylic acids is 2. The van der Waals surface area contributed by atoms with Crippen LogP contribution in [0.4, 0.5) is 11.4 Å². The number of benzene rings is 2. The van der Waals surface area contributed by atoms with Gasteiger partial charge in [-0.1, -0.05) is 15.9 Å². The van der Waals surface area contributed by atoms with Gasteiger partial charge in [0.15, 0.2) is 6.61 Å². The Kier molecular flexibility index (Phi) is 6.29. The summed E-state index contributed by atoms with van der Waals surface area (Å²) in [6.45, 7) is 1.33. The van der Waals surface area contributed by atoms with Crippen LogP contribution >= 0.6 is 15.9 Å². The van der Waals surface area contributed by atoms with Gasteiger partial charge in [-0.05, 0) is 36.8 Å². The number of carbonyl (C=O) groups is 2. The Morgan fingerprint density at radius 3 is 2.58 bits per heavy atom. The third-order valence-corrected chi connectivity index (χ3v) is 4.28. The minimum Gasteiger partial charge on any atom is -0.496 e. The first-order valence-corrected chi connectivity index (χ1v) is 8.16. The fraction of sp³-hybridized carbons (Fsp3) is 0.176. The number of anilines is 1. The summed E-state index contributed by atoms with van der Waals surface area (Å²) >= 11 is 3.36. The molecule has 2 aromatic carbocycles. The standard InChI is InChI=1S/C17H15BrN2O6/c1-10-7-11(3-5-14(10)18)19-16(21)9-26-17(22)13-8-12(20(23)24)4-6-15(13)25-2/h3-8H,9H2,1-2H3,(H,19,21). The van der Waals surface area contributed by atoms with Crippen LogP contribution in [0.15, 0.2) is 40.9 Å². The molecule has 0 aliphatic heterocycles. The van der Waals surface area contributed by atoms with Gasteiger partial charge in [-0.2, -0.15) is 0 Å². The van der Waals surface area contributed by atoms with Gasteiger partial charge in [0.25, 0.3) is 11.6 Å². The third-order valence-electron chi connectivity index (χ3n) is 3.39. The highest BCUT2D eigenvalue weighted by Crippen LogP contribution is 2.25. The molecule has 0 radical (unpaired) electrons. The molecule has 0 saturated heterocycles. The number of nitro groups is 1. The summed E-state index contributed by atoms with van der Waals surface area (Å²) < 4.78 is 10.8. The van der Waals surface area contributed by atoms with Gasteiger partial charge >= 0.3 is 5.97 Å². The number of methoxy groups -OCH3 is 1. The number of hydrogen-bond donors (Lipinski definition) is 1. The summed E-state index contributed by atoms with van der Waals surface area (Å²) in [4.78, 5) is 34.3. The van der Waals surface area contributed by atoms with E-state index in [0.29, 0.717) is 5.69 Å². The number of nitrogens with zero attached hydrogens (tertiary/aromatic N) is 1. The third kappa shape index (κ3) is 4.79. The van der Waals surface area contributed by atoms with Gasteiger partial charge in [-0.15, -0.1) is 0 Å². The van der Waals surface area contributed by atoms with Crippen molar-refractivity contribution in [3.05, 3.63) is 62.1 Å². The number of rotatable bonds is 6. The summed E-state index contributed by atoms with van der Waals surface area (Å²) in [5.74, 6) is -1.32. The van der Waals surface area contributed by atoms with Crippen molar-refractivity contribution in [2.45, 2.75) is 6.92 Å². The summed E-state index contributed by atoms with van der Waals surface area (Å²) in [5, 5.41) is 13.4. The first kappa shape index (κ1) is 19.4. The van der Waals surface area contributed by atoms with Crippen molar-refractivity contribution in [1.29, 1.82) is 0 Å². The molecule has 0 bridgehead atoms. The predicted molar refractivity (Wildman–Crippen MR) is 97.4 cm³/mol. The topological polar surface area (TPSA) is 108 Å². The number of nitro benzene ring substituents is 1. The second kappa shape index (κ2) is 8.43. The molecule has 8 nitrogen and oxygen atoms in total. The molecule has 0 saturated carbocycles. The molecule has 136 valence electrons. The predicted octanol–water partition coefficient (Wildman–Crippen LogP) is 3.47. The Morgan fingerprint density at radius 1 is 1.23 bits per heavy atom. The number of halogens is 1. The van der Waals surface area contributed by atoms with Gasteiger partial charge in [0.05, 0.1) is 12.0 Å². The highest BCUT2D eigenvalue weighted by molar-refractivity contribution is 9.10. The van der Waals surface area contributed by atoms with Crippen LogP contribution < -0.4 is 10.1 Å². The minimum absolute atomic E-state index is 0.115. The largest absolute Gasteiger partial charge is 0.496 e. The van der Waals surface area contributed by atoms with Gasteiger partial charge in [0, 0.05) is 22.3 Å². The Bertz CT molecular complexity index is 868. The molecule has 2 aromatic rings. The van der Waals surface area contributed by atoms with E-state index in [4.69, 9.17) is 9.47 Å². The van der Waals surface area contributed by atoms with E-state index in [1.807, 2.05) is 6.92 Å². The van der Waals surface area contributed by atoms with Crippen molar-refractivity contribution in [2.75, 3.05) is 19.0 Å². The van der Waals surface area contributed by atoms with Crippen LogP contribution in [0.5, 0.6) is 5.75 Å². The Hall–Kier alpha value is -2.94. The van der Waals surface area contributed by atoms with E-state index in [1.165, 1.54) is 19.2 Å². The number of ether oxygens (including phenoxy) is 2. The SMILES string of the molecule is COc1ccc([N+](=O)[O-])cc1C(=O)OCC(=O)Nc1ccc(Br)c(C)c1. The van der Waals surface area contributed by atoms with Crippen LogP contribution in [0.1, 0.15) is 15.9 Å². The van der Waals surface area contributed by atoms with Crippen LogP contribution in [0, 0.1) is 17.0 Å². The summed E-state index contributed by atoms with van der Waals surface area (Å²) in [7, 11) is 1.32. The molecule has 1 amide bonds. The first-order chi connectivity index (χ1) is 12.3. The molecule has 0 fully saturated rings.